The highest BCUT2D eigenvalue weighted by Gasteiger charge is 2.23. The summed E-state index contributed by atoms with van der Waals surface area (Å²) in [5.74, 6) is 1.02. The monoisotopic (exact) mass is 270 g/mol. The molecular weight excluding hydrogens is 252 g/mol. The van der Waals surface area contributed by atoms with Gasteiger partial charge in [0, 0.05) is 13.1 Å². The Bertz CT molecular complexity index is 433. The van der Waals surface area contributed by atoms with Crippen molar-refractivity contribution in [3.63, 3.8) is 0 Å². The molecular formula is C11H18N4O2S. The molecule has 2 rings (SSSR count). The number of rotatable bonds is 3. The molecule has 18 heavy (non-hydrogen) atoms. The van der Waals surface area contributed by atoms with Crippen LogP contribution in [0, 0.1) is 0 Å². The molecule has 1 fully saturated rings. The number of carbonyl (C=O) groups is 1. The molecule has 0 unspecified atom stereocenters. The maximum atomic E-state index is 11.6. The van der Waals surface area contributed by atoms with Crippen molar-refractivity contribution in [2.45, 2.75) is 26.4 Å². The number of anilines is 2. The Morgan fingerprint density at radius 1 is 1.56 bits per heavy atom. The van der Waals surface area contributed by atoms with Crippen molar-refractivity contribution in [1.29, 1.82) is 0 Å². The lowest BCUT2D eigenvalue weighted by Crippen LogP contribution is -2.32. The Labute approximate surface area is 110 Å². The lowest BCUT2D eigenvalue weighted by molar-refractivity contribution is -0.119. The van der Waals surface area contributed by atoms with Gasteiger partial charge in [0.2, 0.25) is 5.91 Å². The number of aromatic nitrogens is 1. The van der Waals surface area contributed by atoms with E-state index in [1.54, 1.807) is 0 Å². The van der Waals surface area contributed by atoms with Crippen LogP contribution < -0.4 is 20.7 Å². The first-order valence-corrected chi connectivity index (χ1v) is 6.78. The van der Waals surface area contributed by atoms with Crippen molar-refractivity contribution in [3.8, 4) is 5.75 Å². The van der Waals surface area contributed by atoms with Gasteiger partial charge >= 0.3 is 0 Å². The van der Waals surface area contributed by atoms with Crippen LogP contribution in [-0.2, 0) is 4.79 Å². The van der Waals surface area contributed by atoms with Crippen LogP contribution in [0.2, 0.25) is 0 Å². The second-order valence-corrected chi connectivity index (χ2v) is 5.25. The Morgan fingerprint density at radius 3 is 3.06 bits per heavy atom. The maximum absolute atomic E-state index is 11.6. The van der Waals surface area contributed by atoms with Gasteiger partial charge in [-0.25, -0.2) is 0 Å². The van der Waals surface area contributed by atoms with E-state index in [9.17, 15) is 4.79 Å². The first-order valence-electron chi connectivity index (χ1n) is 6.01. The first-order chi connectivity index (χ1) is 8.58. The number of nitrogens with two attached hydrogens (primary N) is 1. The number of amides is 1. The summed E-state index contributed by atoms with van der Waals surface area (Å²) in [5, 5.41) is 3.69. The third-order valence-corrected chi connectivity index (χ3v) is 3.46. The van der Waals surface area contributed by atoms with Gasteiger partial charge in [-0.15, -0.1) is 0 Å². The molecule has 7 heteroatoms. The van der Waals surface area contributed by atoms with Crippen LogP contribution in [0.3, 0.4) is 0 Å². The first kappa shape index (κ1) is 12.9. The van der Waals surface area contributed by atoms with E-state index in [-0.39, 0.29) is 12.0 Å². The van der Waals surface area contributed by atoms with E-state index >= 15 is 0 Å². The highest BCUT2D eigenvalue weighted by Crippen LogP contribution is 2.39. The molecule has 1 aliphatic heterocycles. The molecule has 0 aliphatic carbocycles. The number of ether oxygens (including phenoxy) is 1. The molecule has 2 heterocycles. The van der Waals surface area contributed by atoms with Crippen LogP contribution in [0.4, 0.5) is 10.8 Å². The minimum atomic E-state index is 0.0231. The van der Waals surface area contributed by atoms with Crippen LogP contribution in [0.5, 0.6) is 5.75 Å². The van der Waals surface area contributed by atoms with Crippen LogP contribution in [0.15, 0.2) is 0 Å². The number of nitrogens with zero attached hydrogens (tertiary/aromatic N) is 2. The number of carbonyl (C=O) groups excluding carboxylic acids is 1. The van der Waals surface area contributed by atoms with Gasteiger partial charge < -0.3 is 20.7 Å². The van der Waals surface area contributed by atoms with Crippen molar-refractivity contribution in [1.82, 2.24) is 9.69 Å². The fraction of sp³-hybridized carbons (Fsp3) is 0.636. The van der Waals surface area contributed by atoms with Gasteiger partial charge in [0.05, 0.1) is 12.6 Å². The van der Waals surface area contributed by atoms with E-state index < -0.39 is 0 Å². The van der Waals surface area contributed by atoms with Crippen LogP contribution in [0.25, 0.3) is 0 Å². The molecule has 1 aliphatic rings. The van der Waals surface area contributed by atoms with Crippen LogP contribution >= 0.6 is 11.5 Å². The molecule has 1 aromatic rings. The molecule has 1 saturated heterocycles. The average Bonchev–Trinajstić information content (AvgIpc) is 2.52. The number of hydrogen-bond donors (Lipinski definition) is 2. The fourth-order valence-corrected chi connectivity index (χ4v) is 2.59. The van der Waals surface area contributed by atoms with Crippen LogP contribution in [-0.4, -0.2) is 36.0 Å². The van der Waals surface area contributed by atoms with Gasteiger partial charge in [0.25, 0.3) is 0 Å². The quantitative estimate of drug-likeness (QED) is 0.850. The molecule has 0 saturated carbocycles. The molecule has 0 atom stereocenters. The van der Waals surface area contributed by atoms with E-state index in [0.717, 1.165) is 18.0 Å². The predicted octanol–water partition coefficient (Wildman–Crippen LogP) is 0.839. The summed E-state index contributed by atoms with van der Waals surface area (Å²) in [4.78, 5) is 13.5. The molecule has 1 amide bonds. The summed E-state index contributed by atoms with van der Waals surface area (Å²) in [5.41, 5.74) is 5.82. The summed E-state index contributed by atoms with van der Waals surface area (Å²) >= 11 is 1.28. The lowest BCUT2D eigenvalue weighted by Gasteiger charge is -2.21. The zero-order valence-corrected chi connectivity index (χ0v) is 11.4. The van der Waals surface area contributed by atoms with Crippen molar-refractivity contribution in [3.05, 3.63) is 0 Å². The maximum Gasteiger partial charge on any atom is 0.239 e. The van der Waals surface area contributed by atoms with Crippen molar-refractivity contribution in [2.75, 3.05) is 30.3 Å². The summed E-state index contributed by atoms with van der Waals surface area (Å²) in [6.45, 7) is 5.72. The van der Waals surface area contributed by atoms with E-state index in [1.165, 1.54) is 11.5 Å². The number of nitrogen functional groups attached to an aromatic ring is 1. The molecule has 0 spiro atoms. The summed E-state index contributed by atoms with van der Waals surface area (Å²) in [7, 11) is 0. The topological polar surface area (TPSA) is 80.5 Å². The Kier molecular flexibility index (Phi) is 3.90. The molecule has 0 bridgehead atoms. The Balaban J connectivity index is 2.23. The lowest BCUT2D eigenvalue weighted by atomic mass is 10.4. The van der Waals surface area contributed by atoms with E-state index in [2.05, 4.69) is 9.69 Å². The number of nitrogens with one attached hydrogen (secondary N) is 1. The summed E-state index contributed by atoms with van der Waals surface area (Å²) in [6.07, 6.45) is 0.938. The van der Waals surface area contributed by atoms with Gasteiger partial charge in [-0.3, -0.25) is 4.79 Å². The minimum Gasteiger partial charge on any atom is -0.484 e. The van der Waals surface area contributed by atoms with E-state index in [0.29, 0.717) is 24.7 Å². The largest absolute Gasteiger partial charge is 0.484 e. The second kappa shape index (κ2) is 5.43. The molecule has 1 aromatic heterocycles. The van der Waals surface area contributed by atoms with E-state index in [1.807, 2.05) is 18.7 Å². The molecule has 100 valence electrons. The molecule has 3 N–H and O–H groups in total. The molecule has 6 nitrogen and oxygen atoms in total. The molecule has 0 aromatic carbocycles. The van der Waals surface area contributed by atoms with Crippen molar-refractivity contribution >= 4 is 28.3 Å². The Hall–Kier alpha value is -1.50. The van der Waals surface area contributed by atoms with E-state index in [4.69, 9.17) is 10.5 Å². The normalized spacial score (nSPS) is 16.6. The third kappa shape index (κ3) is 2.84. The van der Waals surface area contributed by atoms with Gasteiger partial charge in [-0.1, -0.05) is 0 Å². The average molecular weight is 270 g/mol. The van der Waals surface area contributed by atoms with Gasteiger partial charge in [0.15, 0.2) is 16.6 Å². The fourth-order valence-electron chi connectivity index (χ4n) is 1.81. The zero-order valence-electron chi connectivity index (χ0n) is 10.6. The third-order valence-electron chi connectivity index (χ3n) is 2.56. The van der Waals surface area contributed by atoms with Gasteiger partial charge in [-0.05, 0) is 31.8 Å². The highest BCUT2D eigenvalue weighted by molar-refractivity contribution is 7.11. The smallest absolute Gasteiger partial charge is 0.239 e. The van der Waals surface area contributed by atoms with Gasteiger partial charge in [0.1, 0.15) is 0 Å². The summed E-state index contributed by atoms with van der Waals surface area (Å²) in [6, 6.07) is 0. The predicted molar refractivity (Wildman–Crippen MR) is 72.1 cm³/mol. The second-order valence-electron chi connectivity index (χ2n) is 4.49. The van der Waals surface area contributed by atoms with Crippen molar-refractivity contribution in [2.24, 2.45) is 0 Å². The van der Waals surface area contributed by atoms with Crippen molar-refractivity contribution < 1.29 is 9.53 Å². The van der Waals surface area contributed by atoms with Gasteiger partial charge in [-0.2, -0.15) is 4.37 Å². The SMILES string of the molecule is CC(C)Oc1c(N)nsc1N1CCCNC(=O)C1. The zero-order chi connectivity index (χ0) is 13.1. The molecule has 0 radical (unpaired) electrons. The minimum absolute atomic E-state index is 0.0231. The number of hydrogen-bond acceptors (Lipinski definition) is 6. The highest BCUT2D eigenvalue weighted by atomic mass is 32.1. The summed E-state index contributed by atoms with van der Waals surface area (Å²) < 4.78 is 9.82. The standard InChI is InChI=1S/C11H18N4O2S/c1-7(2)17-9-10(12)14-18-11(9)15-5-3-4-13-8(16)6-15/h7H,3-6H2,1-2H3,(H2,12,14)(H,13,16). The Morgan fingerprint density at radius 2 is 2.33 bits per heavy atom. The van der Waals surface area contributed by atoms with Crippen LogP contribution in [0.1, 0.15) is 20.3 Å².